The fraction of sp³-hybridized carbons (Fsp3) is 0.200. The molecule has 1 atom stereocenters. The molecular weight excluding hydrogens is 274 g/mol. The molecule has 1 heterocycles. The van der Waals surface area contributed by atoms with Crippen LogP contribution in [0.15, 0.2) is 53.0 Å². The van der Waals surface area contributed by atoms with Gasteiger partial charge in [-0.15, -0.1) is 0 Å². The number of hydrogen-bond donors (Lipinski definition) is 0. The number of fused-ring (bicyclic) bond motifs is 1. The zero-order valence-corrected chi connectivity index (χ0v) is 11.3. The quantitative estimate of drug-likeness (QED) is 0.745. The molecule has 0 radical (unpaired) electrons. The molecule has 2 heteroatoms. The summed E-state index contributed by atoms with van der Waals surface area (Å²) >= 11 is 3.56. The van der Waals surface area contributed by atoms with Crippen LogP contribution in [-0.2, 0) is 6.42 Å². The first-order valence-electron chi connectivity index (χ1n) is 5.88. The predicted molar refractivity (Wildman–Crippen MR) is 75.9 cm³/mol. The van der Waals surface area contributed by atoms with Crippen molar-refractivity contribution in [3.63, 3.8) is 0 Å². The van der Waals surface area contributed by atoms with Crippen LogP contribution in [0.1, 0.15) is 12.5 Å². The highest BCUT2D eigenvalue weighted by atomic mass is 79.9. The summed E-state index contributed by atoms with van der Waals surface area (Å²) in [6.07, 6.45) is 1.12. The van der Waals surface area contributed by atoms with Crippen molar-refractivity contribution in [2.45, 2.75) is 19.4 Å². The summed E-state index contributed by atoms with van der Waals surface area (Å²) in [7, 11) is 0. The molecule has 0 N–H and O–H groups in total. The van der Waals surface area contributed by atoms with Crippen LogP contribution in [0.2, 0.25) is 0 Å². The van der Waals surface area contributed by atoms with Gasteiger partial charge in [0.05, 0.1) is 0 Å². The van der Waals surface area contributed by atoms with E-state index in [0.29, 0.717) is 6.04 Å². The van der Waals surface area contributed by atoms with Crippen LogP contribution in [0.3, 0.4) is 0 Å². The number of hydrogen-bond acceptors (Lipinski definition) is 1. The van der Waals surface area contributed by atoms with Gasteiger partial charge >= 0.3 is 0 Å². The highest BCUT2D eigenvalue weighted by Gasteiger charge is 2.26. The van der Waals surface area contributed by atoms with Crippen LogP contribution in [0.25, 0.3) is 0 Å². The number of benzene rings is 2. The van der Waals surface area contributed by atoms with Gasteiger partial charge in [-0.1, -0.05) is 40.2 Å². The Kier molecular flexibility index (Phi) is 2.67. The number of halogens is 1. The molecule has 0 fully saturated rings. The van der Waals surface area contributed by atoms with E-state index in [1.54, 1.807) is 0 Å². The molecule has 17 heavy (non-hydrogen) atoms. The predicted octanol–water partition coefficient (Wildman–Crippen LogP) is 4.53. The fourth-order valence-electron chi connectivity index (χ4n) is 2.56. The molecule has 0 bridgehead atoms. The zero-order chi connectivity index (χ0) is 11.8. The summed E-state index contributed by atoms with van der Waals surface area (Å²) in [5, 5.41) is 0. The molecule has 2 aromatic carbocycles. The Hall–Kier alpha value is -1.28. The van der Waals surface area contributed by atoms with E-state index in [1.807, 2.05) is 0 Å². The Morgan fingerprint density at radius 3 is 2.65 bits per heavy atom. The Morgan fingerprint density at radius 2 is 1.88 bits per heavy atom. The fourth-order valence-corrected chi connectivity index (χ4v) is 2.91. The molecule has 2 aromatic rings. The van der Waals surface area contributed by atoms with E-state index >= 15 is 0 Å². The van der Waals surface area contributed by atoms with Crippen molar-refractivity contribution in [3.8, 4) is 0 Å². The summed E-state index contributed by atoms with van der Waals surface area (Å²) < 4.78 is 1.14. The lowest BCUT2D eigenvalue weighted by atomic mass is 10.1. The van der Waals surface area contributed by atoms with Crippen LogP contribution >= 0.6 is 15.9 Å². The average molecular weight is 288 g/mol. The molecule has 0 amide bonds. The molecule has 1 unspecified atom stereocenters. The first kappa shape index (κ1) is 10.8. The van der Waals surface area contributed by atoms with E-state index in [2.05, 4.69) is 76.3 Å². The molecule has 1 nitrogen and oxygen atoms in total. The van der Waals surface area contributed by atoms with Gasteiger partial charge in [0.1, 0.15) is 0 Å². The maximum atomic E-state index is 3.56. The smallest absolute Gasteiger partial charge is 0.0458 e. The monoisotopic (exact) mass is 287 g/mol. The first-order chi connectivity index (χ1) is 8.25. The maximum Gasteiger partial charge on any atom is 0.0458 e. The molecule has 1 aliphatic rings. The molecule has 3 rings (SSSR count). The maximum absolute atomic E-state index is 3.56. The van der Waals surface area contributed by atoms with Crippen molar-refractivity contribution in [3.05, 3.63) is 58.6 Å². The summed E-state index contributed by atoms with van der Waals surface area (Å²) in [6, 6.07) is 17.7. The minimum Gasteiger partial charge on any atom is -0.338 e. The van der Waals surface area contributed by atoms with Crippen LogP contribution in [0, 0.1) is 0 Å². The van der Waals surface area contributed by atoms with Gasteiger partial charge in [0.2, 0.25) is 0 Å². The molecule has 0 saturated heterocycles. The van der Waals surface area contributed by atoms with E-state index < -0.39 is 0 Å². The third-order valence-corrected chi connectivity index (χ3v) is 3.79. The van der Waals surface area contributed by atoms with E-state index in [9.17, 15) is 0 Å². The van der Waals surface area contributed by atoms with Crippen LogP contribution in [-0.4, -0.2) is 6.04 Å². The van der Waals surface area contributed by atoms with E-state index in [-0.39, 0.29) is 0 Å². The summed E-state index contributed by atoms with van der Waals surface area (Å²) in [5.41, 5.74) is 4.04. The highest BCUT2D eigenvalue weighted by molar-refractivity contribution is 9.10. The van der Waals surface area contributed by atoms with Crippen LogP contribution in [0.5, 0.6) is 0 Å². The van der Waals surface area contributed by atoms with Gasteiger partial charge in [-0.05, 0) is 43.2 Å². The molecule has 0 aliphatic carbocycles. The second-order valence-corrected chi connectivity index (χ2v) is 5.45. The largest absolute Gasteiger partial charge is 0.338 e. The Bertz CT molecular complexity index is 536. The first-order valence-corrected chi connectivity index (χ1v) is 6.68. The number of nitrogens with zero attached hydrogens (tertiary/aromatic N) is 1. The molecule has 0 saturated carbocycles. The summed E-state index contributed by atoms with van der Waals surface area (Å²) in [5.74, 6) is 0. The van der Waals surface area contributed by atoms with Gasteiger partial charge in [-0.3, -0.25) is 0 Å². The zero-order valence-electron chi connectivity index (χ0n) is 9.73. The van der Waals surface area contributed by atoms with Gasteiger partial charge in [-0.25, -0.2) is 0 Å². The second kappa shape index (κ2) is 4.19. The van der Waals surface area contributed by atoms with Gasteiger partial charge in [-0.2, -0.15) is 0 Å². The summed E-state index contributed by atoms with van der Waals surface area (Å²) in [4.78, 5) is 2.42. The molecule has 0 spiro atoms. The normalized spacial score (nSPS) is 18.2. The Balaban J connectivity index is 2.11. The lowest BCUT2D eigenvalue weighted by Crippen LogP contribution is -2.23. The summed E-state index contributed by atoms with van der Waals surface area (Å²) in [6.45, 7) is 2.28. The van der Waals surface area contributed by atoms with Crippen molar-refractivity contribution in [1.82, 2.24) is 0 Å². The van der Waals surface area contributed by atoms with Crippen molar-refractivity contribution in [2.24, 2.45) is 0 Å². The van der Waals surface area contributed by atoms with E-state index in [1.165, 1.54) is 16.9 Å². The van der Waals surface area contributed by atoms with Gasteiger partial charge < -0.3 is 4.90 Å². The SMILES string of the molecule is CC1Cc2ccc(Br)cc2N1c1ccccc1. The van der Waals surface area contributed by atoms with Gasteiger partial charge in [0.15, 0.2) is 0 Å². The minimum absolute atomic E-state index is 0.529. The number of rotatable bonds is 1. The van der Waals surface area contributed by atoms with Crippen molar-refractivity contribution >= 4 is 27.3 Å². The Morgan fingerprint density at radius 1 is 1.12 bits per heavy atom. The van der Waals surface area contributed by atoms with Crippen LogP contribution in [0.4, 0.5) is 11.4 Å². The number of para-hydroxylation sites is 1. The second-order valence-electron chi connectivity index (χ2n) is 4.53. The highest BCUT2D eigenvalue weighted by Crippen LogP contribution is 2.39. The Labute approximate surface area is 110 Å². The van der Waals surface area contributed by atoms with Crippen molar-refractivity contribution in [1.29, 1.82) is 0 Å². The van der Waals surface area contributed by atoms with Gasteiger partial charge in [0, 0.05) is 21.9 Å². The third kappa shape index (κ3) is 1.87. The van der Waals surface area contributed by atoms with Crippen molar-refractivity contribution in [2.75, 3.05) is 4.90 Å². The minimum atomic E-state index is 0.529. The molecular formula is C15H14BrN. The standard InChI is InChI=1S/C15H14BrN/c1-11-9-12-7-8-13(16)10-15(12)17(11)14-5-3-2-4-6-14/h2-8,10-11H,9H2,1H3. The average Bonchev–Trinajstić information content (AvgIpc) is 2.65. The third-order valence-electron chi connectivity index (χ3n) is 3.30. The lowest BCUT2D eigenvalue weighted by molar-refractivity contribution is 0.759. The van der Waals surface area contributed by atoms with Crippen molar-refractivity contribution < 1.29 is 0 Å². The number of anilines is 2. The topological polar surface area (TPSA) is 3.24 Å². The lowest BCUT2D eigenvalue weighted by Gasteiger charge is -2.25. The van der Waals surface area contributed by atoms with E-state index in [0.717, 1.165) is 10.9 Å². The van der Waals surface area contributed by atoms with E-state index in [4.69, 9.17) is 0 Å². The van der Waals surface area contributed by atoms with Gasteiger partial charge in [0.25, 0.3) is 0 Å². The van der Waals surface area contributed by atoms with Crippen LogP contribution < -0.4 is 4.90 Å². The molecule has 0 aromatic heterocycles. The molecule has 86 valence electrons. The molecule has 1 aliphatic heterocycles.